The lowest BCUT2D eigenvalue weighted by atomic mass is 9.79. The molecule has 1 amide bonds. The van der Waals surface area contributed by atoms with E-state index in [1.807, 2.05) is 37.3 Å². The number of unbranched alkanes of at least 4 members (excludes halogenated alkanes) is 1. The Balaban J connectivity index is 1.81. The van der Waals surface area contributed by atoms with E-state index in [-0.39, 0.29) is 29.8 Å². The number of fused-ring (bicyclic) bond motifs is 1. The minimum Gasteiger partial charge on any atom is -0.298 e. The van der Waals surface area contributed by atoms with Gasteiger partial charge in [0.1, 0.15) is 5.92 Å². The van der Waals surface area contributed by atoms with Crippen LogP contribution in [0.3, 0.4) is 0 Å². The number of carbonyl (C=O) groups is 2. The van der Waals surface area contributed by atoms with Crippen LogP contribution < -0.4 is 15.8 Å². The molecule has 0 bridgehead atoms. The van der Waals surface area contributed by atoms with E-state index in [9.17, 15) is 9.59 Å². The predicted molar refractivity (Wildman–Crippen MR) is 85.0 cm³/mol. The number of piperidine rings is 1. The lowest BCUT2D eigenvalue weighted by molar-refractivity contribution is -0.137. The smallest absolute Gasteiger partial charge is 0.255 e. The number of hydrogen-bond acceptors (Lipinski definition) is 4. The molecule has 22 heavy (non-hydrogen) atoms. The van der Waals surface area contributed by atoms with Crippen LogP contribution in [0.2, 0.25) is 0 Å². The Labute approximate surface area is 131 Å². The molecular formula is C17H23N3O2. The van der Waals surface area contributed by atoms with Gasteiger partial charge >= 0.3 is 0 Å². The van der Waals surface area contributed by atoms with Gasteiger partial charge in [-0.15, -0.1) is 0 Å². The van der Waals surface area contributed by atoms with Crippen LogP contribution in [-0.2, 0) is 9.59 Å². The highest BCUT2D eigenvalue weighted by atomic mass is 16.2. The number of benzene rings is 1. The highest BCUT2D eigenvalue weighted by Crippen LogP contribution is 2.31. The summed E-state index contributed by atoms with van der Waals surface area (Å²) in [7, 11) is 0. The number of amides is 1. The van der Waals surface area contributed by atoms with Crippen LogP contribution in [0.15, 0.2) is 30.3 Å². The fourth-order valence-electron chi connectivity index (χ4n) is 3.45. The van der Waals surface area contributed by atoms with Crippen molar-refractivity contribution in [2.75, 3.05) is 5.01 Å². The molecule has 118 valence electrons. The average Bonchev–Trinajstić information content (AvgIpc) is 2.85. The van der Waals surface area contributed by atoms with Crippen LogP contribution in [0.5, 0.6) is 0 Å². The van der Waals surface area contributed by atoms with Crippen LogP contribution in [0.1, 0.15) is 33.1 Å². The number of hydrazine groups is 1. The number of Topliss-reactive ketones (excluding diaryl/α,β-unsaturated/α-hetero) is 1. The van der Waals surface area contributed by atoms with E-state index in [1.165, 1.54) is 5.01 Å². The SMILES string of the molecule is CCCCC1C(=O)C2C(=O)N(c3ccccc3)NC2NC1C. The highest BCUT2D eigenvalue weighted by molar-refractivity contribution is 6.11. The van der Waals surface area contributed by atoms with Gasteiger partial charge in [-0.25, -0.2) is 10.4 Å². The third-order valence-corrected chi connectivity index (χ3v) is 4.69. The first-order valence-corrected chi connectivity index (χ1v) is 8.08. The minimum absolute atomic E-state index is 0.0670. The number of nitrogens with zero attached hydrogens (tertiary/aromatic N) is 1. The molecule has 0 radical (unpaired) electrons. The molecule has 2 saturated heterocycles. The largest absolute Gasteiger partial charge is 0.298 e. The van der Waals surface area contributed by atoms with Gasteiger partial charge in [0.05, 0.1) is 11.9 Å². The highest BCUT2D eigenvalue weighted by Gasteiger charge is 2.51. The van der Waals surface area contributed by atoms with E-state index < -0.39 is 5.92 Å². The lowest BCUT2D eigenvalue weighted by Crippen LogP contribution is -2.59. The summed E-state index contributed by atoms with van der Waals surface area (Å²) in [5, 5.41) is 4.91. The molecule has 4 unspecified atom stereocenters. The Hall–Kier alpha value is -1.72. The molecule has 3 rings (SSSR count). The summed E-state index contributed by atoms with van der Waals surface area (Å²) < 4.78 is 0. The van der Waals surface area contributed by atoms with Crippen molar-refractivity contribution in [1.29, 1.82) is 0 Å². The first-order valence-electron chi connectivity index (χ1n) is 8.08. The Morgan fingerprint density at radius 3 is 2.59 bits per heavy atom. The first kappa shape index (κ1) is 15.2. The van der Waals surface area contributed by atoms with Crippen molar-refractivity contribution >= 4 is 17.4 Å². The zero-order valence-corrected chi connectivity index (χ0v) is 13.1. The Kier molecular flexibility index (Phi) is 4.27. The summed E-state index contributed by atoms with van der Waals surface area (Å²) in [5.74, 6) is -0.747. The fourth-order valence-corrected chi connectivity index (χ4v) is 3.45. The normalized spacial score (nSPS) is 31.5. The number of carbonyl (C=O) groups excluding carboxylic acids is 2. The molecule has 5 nitrogen and oxygen atoms in total. The van der Waals surface area contributed by atoms with Gasteiger partial charge in [-0.3, -0.25) is 14.9 Å². The Morgan fingerprint density at radius 2 is 1.91 bits per heavy atom. The molecule has 4 atom stereocenters. The summed E-state index contributed by atoms with van der Waals surface area (Å²) >= 11 is 0. The molecule has 1 aromatic carbocycles. The van der Waals surface area contributed by atoms with Gasteiger partial charge in [-0.05, 0) is 25.5 Å². The van der Waals surface area contributed by atoms with Crippen LogP contribution in [0, 0.1) is 11.8 Å². The molecule has 0 spiro atoms. The summed E-state index contributed by atoms with van der Waals surface area (Å²) in [6.45, 7) is 4.15. The third-order valence-electron chi connectivity index (χ3n) is 4.69. The van der Waals surface area contributed by atoms with Crippen molar-refractivity contribution in [1.82, 2.24) is 10.7 Å². The zero-order valence-electron chi connectivity index (χ0n) is 13.1. The fraction of sp³-hybridized carbons (Fsp3) is 0.529. The van der Waals surface area contributed by atoms with Crippen LogP contribution in [-0.4, -0.2) is 23.9 Å². The molecule has 2 aliphatic rings. The van der Waals surface area contributed by atoms with E-state index in [0.29, 0.717) is 0 Å². The van der Waals surface area contributed by atoms with Gasteiger partial charge in [0.15, 0.2) is 5.78 Å². The number of hydrogen-bond donors (Lipinski definition) is 2. The van der Waals surface area contributed by atoms with Crippen molar-refractivity contribution in [2.24, 2.45) is 11.8 Å². The zero-order chi connectivity index (χ0) is 15.7. The second-order valence-corrected chi connectivity index (χ2v) is 6.20. The molecule has 2 heterocycles. The number of nitrogens with one attached hydrogen (secondary N) is 2. The van der Waals surface area contributed by atoms with Crippen LogP contribution >= 0.6 is 0 Å². The second-order valence-electron chi connectivity index (χ2n) is 6.20. The van der Waals surface area contributed by atoms with Gasteiger partial charge in [0.25, 0.3) is 5.91 Å². The van der Waals surface area contributed by atoms with Crippen molar-refractivity contribution in [2.45, 2.75) is 45.3 Å². The number of para-hydroxylation sites is 1. The van der Waals surface area contributed by atoms with Crippen molar-refractivity contribution < 1.29 is 9.59 Å². The quantitative estimate of drug-likeness (QED) is 0.833. The van der Waals surface area contributed by atoms with Gasteiger partial charge in [0.2, 0.25) is 0 Å². The third kappa shape index (κ3) is 2.55. The summed E-state index contributed by atoms with van der Waals surface area (Å²) in [5.41, 5.74) is 3.92. The molecule has 2 aliphatic heterocycles. The molecule has 1 aromatic rings. The second kappa shape index (κ2) is 6.18. The number of rotatable bonds is 4. The number of ketones is 1. The van der Waals surface area contributed by atoms with Gasteiger partial charge < -0.3 is 0 Å². The van der Waals surface area contributed by atoms with Crippen molar-refractivity contribution in [3.63, 3.8) is 0 Å². The van der Waals surface area contributed by atoms with E-state index >= 15 is 0 Å². The maximum absolute atomic E-state index is 12.8. The van der Waals surface area contributed by atoms with Crippen molar-refractivity contribution in [3.8, 4) is 0 Å². The molecular weight excluding hydrogens is 278 g/mol. The van der Waals surface area contributed by atoms with Gasteiger partial charge in [-0.2, -0.15) is 0 Å². The van der Waals surface area contributed by atoms with E-state index in [4.69, 9.17) is 0 Å². The van der Waals surface area contributed by atoms with E-state index in [2.05, 4.69) is 17.7 Å². The predicted octanol–water partition coefficient (Wildman–Crippen LogP) is 1.85. The molecule has 0 saturated carbocycles. The van der Waals surface area contributed by atoms with E-state index in [1.54, 1.807) is 0 Å². The monoisotopic (exact) mass is 301 g/mol. The molecule has 0 aliphatic carbocycles. The average molecular weight is 301 g/mol. The Bertz CT molecular complexity index is 560. The lowest BCUT2D eigenvalue weighted by Gasteiger charge is -2.35. The molecule has 0 aromatic heterocycles. The van der Waals surface area contributed by atoms with E-state index in [0.717, 1.165) is 24.9 Å². The Morgan fingerprint density at radius 1 is 1.18 bits per heavy atom. The maximum Gasteiger partial charge on any atom is 0.255 e. The molecule has 2 N–H and O–H groups in total. The van der Waals surface area contributed by atoms with Crippen molar-refractivity contribution in [3.05, 3.63) is 30.3 Å². The van der Waals surface area contributed by atoms with Crippen LogP contribution in [0.25, 0.3) is 0 Å². The summed E-state index contributed by atoms with van der Waals surface area (Å²) in [4.78, 5) is 25.5. The topological polar surface area (TPSA) is 61.4 Å². The maximum atomic E-state index is 12.8. The first-order chi connectivity index (χ1) is 10.6. The van der Waals surface area contributed by atoms with Gasteiger partial charge in [-0.1, -0.05) is 38.0 Å². The van der Waals surface area contributed by atoms with Crippen LogP contribution in [0.4, 0.5) is 5.69 Å². The summed E-state index contributed by atoms with van der Waals surface area (Å²) in [6.07, 6.45) is 2.63. The summed E-state index contributed by atoms with van der Waals surface area (Å²) in [6, 6.07) is 9.50. The van der Waals surface area contributed by atoms with Gasteiger partial charge in [0, 0.05) is 12.0 Å². The minimum atomic E-state index is -0.613. The standard InChI is InChI=1S/C17H23N3O2/c1-3-4-10-13-11(2)18-16-14(15(13)21)17(22)20(19-16)12-8-6-5-7-9-12/h5-9,11,13-14,16,18-19H,3-4,10H2,1-2H3. The number of anilines is 1. The molecule has 5 heteroatoms. The molecule has 2 fully saturated rings.